The molecule has 1 aromatic carbocycles. The number of benzene rings is 1. The Hall–Kier alpha value is -3.31. The average molecular weight is 436 g/mol. The van der Waals surface area contributed by atoms with E-state index in [1.165, 1.54) is 0 Å². The Labute approximate surface area is 188 Å². The van der Waals surface area contributed by atoms with Crippen LogP contribution in [0.1, 0.15) is 45.6 Å². The van der Waals surface area contributed by atoms with Crippen molar-refractivity contribution in [3.8, 4) is 17.2 Å². The fourth-order valence-electron chi connectivity index (χ4n) is 4.33. The first-order valence-electron chi connectivity index (χ1n) is 10.8. The molecular weight excluding hydrogens is 406 g/mol. The molecule has 1 aliphatic heterocycles. The van der Waals surface area contributed by atoms with Crippen LogP contribution in [0.15, 0.2) is 36.7 Å². The van der Waals surface area contributed by atoms with Crippen LogP contribution in [0.2, 0.25) is 0 Å². The number of hydrogen-bond acceptors (Lipinski definition) is 7. The minimum absolute atomic E-state index is 0.177. The summed E-state index contributed by atoms with van der Waals surface area (Å²) in [6.07, 6.45) is 4.81. The number of aliphatic hydroxyl groups is 1. The highest BCUT2D eigenvalue weighted by Gasteiger charge is 2.54. The highest BCUT2D eigenvalue weighted by Crippen LogP contribution is 2.47. The van der Waals surface area contributed by atoms with Crippen LogP contribution >= 0.6 is 0 Å². The molecular formula is C24H29N5O3. The Morgan fingerprint density at radius 2 is 2.12 bits per heavy atom. The lowest BCUT2D eigenvalue weighted by atomic mass is 10.00. The van der Waals surface area contributed by atoms with Crippen molar-refractivity contribution in [2.75, 3.05) is 17.2 Å². The standard InChI is InChI=1S/C24H29N5O3/c1-23(2,3)32-22(30)28-17-11-21(24(31)7-8-24)29(14-17)20-10-15(4-5-19(20)26)18-13-27-9-6-16(18)12-25/h4-6,9-10,13,17,21,31H,7-8,11,14,26H2,1-3H3,(H,28,30). The van der Waals surface area contributed by atoms with Crippen molar-refractivity contribution < 1.29 is 14.6 Å². The highest BCUT2D eigenvalue weighted by molar-refractivity contribution is 5.80. The Bertz CT molecular complexity index is 1070. The van der Waals surface area contributed by atoms with Crippen molar-refractivity contribution in [2.45, 2.75) is 63.3 Å². The first-order chi connectivity index (χ1) is 15.1. The zero-order valence-electron chi connectivity index (χ0n) is 18.6. The lowest BCUT2D eigenvalue weighted by molar-refractivity contribution is 0.0503. The number of rotatable bonds is 4. The Morgan fingerprint density at radius 1 is 1.38 bits per heavy atom. The zero-order chi connectivity index (χ0) is 23.1. The van der Waals surface area contributed by atoms with Crippen LogP contribution in [0.25, 0.3) is 11.1 Å². The monoisotopic (exact) mass is 435 g/mol. The molecule has 4 N–H and O–H groups in total. The van der Waals surface area contributed by atoms with E-state index in [0.29, 0.717) is 37.1 Å². The summed E-state index contributed by atoms with van der Waals surface area (Å²) in [6, 6.07) is 9.12. The smallest absolute Gasteiger partial charge is 0.407 e. The van der Waals surface area contributed by atoms with Gasteiger partial charge in [-0.25, -0.2) is 4.79 Å². The number of nitriles is 1. The van der Waals surface area contributed by atoms with Crippen molar-refractivity contribution in [3.05, 3.63) is 42.2 Å². The molecule has 4 rings (SSSR count). The van der Waals surface area contributed by atoms with Crippen LogP contribution in [0.5, 0.6) is 0 Å². The first-order valence-corrected chi connectivity index (χ1v) is 10.8. The quantitative estimate of drug-likeness (QED) is 0.630. The summed E-state index contributed by atoms with van der Waals surface area (Å²) in [4.78, 5) is 18.6. The minimum atomic E-state index is -0.793. The number of nitrogen functional groups attached to an aromatic ring is 1. The number of alkyl carbamates (subject to hydrolysis) is 1. The molecule has 1 amide bonds. The van der Waals surface area contributed by atoms with Crippen LogP contribution in [0.3, 0.4) is 0 Å². The fraction of sp³-hybridized carbons (Fsp3) is 0.458. The van der Waals surface area contributed by atoms with E-state index < -0.39 is 17.3 Å². The molecule has 2 fully saturated rings. The van der Waals surface area contributed by atoms with E-state index in [1.807, 2.05) is 32.9 Å². The summed E-state index contributed by atoms with van der Waals surface area (Å²) in [5.74, 6) is 0. The number of ether oxygens (including phenoxy) is 1. The molecule has 1 saturated carbocycles. The number of carbonyl (C=O) groups is 1. The van der Waals surface area contributed by atoms with Crippen molar-refractivity contribution >= 4 is 17.5 Å². The molecule has 0 spiro atoms. The molecule has 2 atom stereocenters. The SMILES string of the molecule is CC(C)(C)OC(=O)NC1CC(C2(O)CC2)N(c2cc(-c3cnccc3C#N)ccc2N)C1. The number of aromatic nitrogens is 1. The van der Waals surface area contributed by atoms with Crippen LogP contribution in [0, 0.1) is 11.3 Å². The number of amides is 1. The highest BCUT2D eigenvalue weighted by atomic mass is 16.6. The van der Waals surface area contributed by atoms with Gasteiger partial charge in [0.25, 0.3) is 0 Å². The van der Waals surface area contributed by atoms with Gasteiger partial charge in [-0.2, -0.15) is 5.26 Å². The van der Waals surface area contributed by atoms with Gasteiger partial charge >= 0.3 is 6.09 Å². The van der Waals surface area contributed by atoms with Gasteiger partial charge in [-0.05, 0) is 63.8 Å². The Kier molecular flexibility index (Phi) is 5.47. The number of hydrogen-bond donors (Lipinski definition) is 3. The fourth-order valence-corrected chi connectivity index (χ4v) is 4.33. The first kappa shape index (κ1) is 21.9. The predicted octanol–water partition coefficient (Wildman–Crippen LogP) is 3.20. The van der Waals surface area contributed by atoms with Gasteiger partial charge in [-0.3, -0.25) is 4.98 Å². The predicted molar refractivity (Wildman–Crippen MR) is 122 cm³/mol. The normalized spacial score (nSPS) is 21.7. The van der Waals surface area contributed by atoms with E-state index in [2.05, 4.69) is 21.3 Å². The molecule has 8 heteroatoms. The summed E-state index contributed by atoms with van der Waals surface area (Å²) in [5, 5.41) is 23.4. The number of pyridine rings is 1. The Morgan fingerprint density at radius 3 is 2.78 bits per heavy atom. The second-order valence-corrected chi connectivity index (χ2v) is 9.66. The molecule has 1 saturated heterocycles. The van der Waals surface area contributed by atoms with E-state index in [4.69, 9.17) is 10.5 Å². The van der Waals surface area contributed by atoms with Crippen molar-refractivity contribution in [1.29, 1.82) is 5.26 Å². The maximum Gasteiger partial charge on any atom is 0.407 e. The van der Waals surface area contributed by atoms with Gasteiger partial charge in [0.2, 0.25) is 0 Å². The number of anilines is 2. The van der Waals surface area contributed by atoms with Gasteiger partial charge in [0.05, 0.1) is 40.7 Å². The van der Waals surface area contributed by atoms with E-state index in [1.54, 1.807) is 24.5 Å². The van der Waals surface area contributed by atoms with Crippen LogP contribution in [-0.2, 0) is 4.74 Å². The lowest BCUT2D eigenvalue weighted by Crippen LogP contribution is -2.41. The van der Waals surface area contributed by atoms with E-state index >= 15 is 0 Å². The molecule has 2 heterocycles. The number of nitrogens with zero attached hydrogens (tertiary/aromatic N) is 3. The van der Waals surface area contributed by atoms with Gasteiger partial charge in [0.15, 0.2) is 0 Å². The van der Waals surface area contributed by atoms with Crippen molar-refractivity contribution in [2.24, 2.45) is 0 Å². The number of nitrogens with two attached hydrogens (primary N) is 1. The second kappa shape index (κ2) is 7.99. The summed E-state index contributed by atoms with van der Waals surface area (Å²) in [7, 11) is 0. The zero-order valence-corrected chi connectivity index (χ0v) is 18.6. The van der Waals surface area contributed by atoms with E-state index in [-0.39, 0.29) is 12.1 Å². The van der Waals surface area contributed by atoms with Crippen LogP contribution in [0.4, 0.5) is 16.2 Å². The van der Waals surface area contributed by atoms with E-state index in [0.717, 1.165) is 16.8 Å². The molecule has 0 bridgehead atoms. The minimum Gasteiger partial charge on any atom is -0.444 e. The molecule has 8 nitrogen and oxygen atoms in total. The van der Waals surface area contributed by atoms with Crippen LogP contribution in [-0.4, -0.2) is 46.0 Å². The Balaban J connectivity index is 1.64. The van der Waals surface area contributed by atoms with Gasteiger partial charge in [0.1, 0.15) is 5.60 Å². The topological polar surface area (TPSA) is 124 Å². The maximum atomic E-state index is 12.3. The molecule has 0 radical (unpaired) electrons. The van der Waals surface area contributed by atoms with Gasteiger partial charge in [-0.1, -0.05) is 6.07 Å². The second-order valence-electron chi connectivity index (χ2n) is 9.66. The molecule has 2 aliphatic rings. The van der Waals surface area contributed by atoms with Crippen molar-refractivity contribution in [3.63, 3.8) is 0 Å². The third-order valence-electron chi connectivity index (χ3n) is 6.00. The summed E-state index contributed by atoms with van der Waals surface area (Å²) < 4.78 is 5.41. The number of nitrogens with one attached hydrogen (secondary N) is 1. The molecule has 1 aromatic heterocycles. The summed E-state index contributed by atoms with van der Waals surface area (Å²) in [6.45, 7) is 5.97. The summed E-state index contributed by atoms with van der Waals surface area (Å²) >= 11 is 0. The third kappa shape index (κ3) is 4.48. The average Bonchev–Trinajstić information content (AvgIpc) is 3.33. The molecule has 2 aromatic rings. The maximum absolute atomic E-state index is 12.3. The summed E-state index contributed by atoms with van der Waals surface area (Å²) in [5.41, 5.74) is 8.40. The number of carbonyl (C=O) groups excluding carboxylic acids is 1. The van der Waals surface area contributed by atoms with Gasteiger partial charge < -0.3 is 25.8 Å². The largest absolute Gasteiger partial charge is 0.444 e. The molecule has 32 heavy (non-hydrogen) atoms. The van der Waals surface area contributed by atoms with Gasteiger partial charge in [-0.15, -0.1) is 0 Å². The van der Waals surface area contributed by atoms with E-state index in [9.17, 15) is 15.2 Å². The van der Waals surface area contributed by atoms with Crippen LogP contribution < -0.4 is 16.0 Å². The third-order valence-corrected chi connectivity index (χ3v) is 6.00. The van der Waals surface area contributed by atoms with Gasteiger partial charge in [0, 0.05) is 24.5 Å². The molecule has 1 aliphatic carbocycles. The molecule has 168 valence electrons. The van der Waals surface area contributed by atoms with Crippen molar-refractivity contribution in [1.82, 2.24) is 10.3 Å². The molecule has 2 unspecified atom stereocenters. The lowest BCUT2D eigenvalue weighted by Gasteiger charge is -2.31.